The normalized spacial score (nSPS) is 32.5. The second-order valence-corrected chi connectivity index (χ2v) is 10.5. The number of likely N-dealkylation sites (tertiary alicyclic amines) is 1. The first-order chi connectivity index (χ1) is 17.2. The van der Waals surface area contributed by atoms with Gasteiger partial charge in [0.15, 0.2) is 0 Å². The lowest BCUT2D eigenvalue weighted by Gasteiger charge is -2.39. The fourth-order valence-corrected chi connectivity index (χ4v) is 6.67. The molecule has 2 bridgehead atoms. The molecule has 1 spiro atoms. The molecular weight excluding hydrogens is 464 g/mol. The predicted octanol–water partition coefficient (Wildman–Crippen LogP) is 0.423. The van der Waals surface area contributed by atoms with Gasteiger partial charge in [-0.1, -0.05) is 37.6 Å². The Bertz CT molecular complexity index is 1200. The van der Waals surface area contributed by atoms with Crippen LogP contribution in [0.1, 0.15) is 40.0 Å². The van der Waals surface area contributed by atoms with Gasteiger partial charge >= 0.3 is 0 Å². The molecule has 3 fully saturated rings. The van der Waals surface area contributed by atoms with Crippen molar-refractivity contribution in [3.63, 3.8) is 0 Å². The van der Waals surface area contributed by atoms with Crippen LogP contribution in [0.3, 0.4) is 0 Å². The van der Waals surface area contributed by atoms with E-state index in [1.165, 1.54) is 4.90 Å². The van der Waals surface area contributed by atoms with Gasteiger partial charge in [-0.3, -0.25) is 14.4 Å². The third kappa shape index (κ3) is 3.36. The number of aromatic nitrogens is 3. The van der Waals surface area contributed by atoms with E-state index in [1.807, 2.05) is 45.0 Å². The zero-order valence-corrected chi connectivity index (χ0v) is 21.1. The Morgan fingerprint density at radius 2 is 2.03 bits per heavy atom. The number of carbonyl (C=O) groups excluding carboxylic acids is 3. The van der Waals surface area contributed by atoms with E-state index in [9.17, 15) is 19.5 Å². The minimum atomic E-state index is -1.14. The van der Waals surface area contributed by atoms with Crippen LogP contribution in [-0.4, -0.2) is 79.7 Å². The van der Waals surface area contributed by atoms with E-state index in [4.69, 9.17) is 4.74 Å². The van der Waals surface area contributed by atoms with Crippen LogP contribution in [-0.2, 0) is 25.8 Å². The Morgan fingerprint density at radius 1 is 1.28 bits per heavy atom. The maximum Gasteiger partial charge on any atom is 0.247 e. The van der Waals surface area contributed by atoms with E-state index in [0.29, 0.717) is 24.8 Å². The number of hydrogen-bond acceptors (Lipinski definition) is 7. The maximum atomic E-state index is 14.0. The largest absolute Gasteiger partial charge is 0.394 e. The van der Waals surface area contributed by atoms with Gasteiger partial charge in [0, 0.05) is 7.05 Å². The number of fused-ring (bicyclic) bond motifs is 2. The average Bonchev–Trinajstić information content (AvgIpc) is 3.58. The summed E-state index contributed by atoms with van der Waals surface area (Å²) in [4.78, 5) is 42.4. The predicted molar refractivity (Wildman–Crippen MR) is 129 cm³/mol. The lowest BCUT2D eigenvalue weighted by molar-refractivity contribution is -0.151. The topological polar surface area (TPSA) is 139 Å². The molecule has 36 heavy (non-hydrogen) atoms. The van der Waals surface area contributed by atoms with E-state index in [2.05, 4.69) is 20.9 Å². The van der Waals surface area contributed by atoms with E-state index in [0.717, 1.165) is 5.52 Å². The molecule has 3 N–H and O–H groups in total. The first-order valence-electron chi connectivity index (χ1n) is 12.6. The van der Waals surface area contributed by atoms with Crippen LogP contribution in [0, 0.1) is 17.8 Å². The van der Waals surface area contributed by atoms with Crippen molar-refractivity contribution in [3.05, 3.63) is 24.3 Å². The summed E-state index contributed by atoms with van der Waals surface area (Å²) in [7, 11) is 1.55. The van der Waals surface area contributed by atoms with Gasteiger partial charge in [-0.2, -0.15) is 0 Å². The molecule has 3 amide bonds. The molecule has 2 aromatic rings. The highest BCUT2D eigenvalue weighted by atomic mass is 16.5. The Kier molecular flexibility index (Phi) is 6.03. The lowest BCUT2D eigenvalue weighted by atomic mass is 9.66. The summed E-state index contributed by atoms with van der Waals surface area (Å²) < 4.78 is 8.14. The number of ether oxygens (including phenoxy) is 1. The minimum absolute atomic E-state index is 0.0574. The Labute approximate surface area is 209 Å². The highest BCUT2D eigenvalue weighted by molar-refractivity contribution is 5.99. The van der Waals surface area contributed by atoms with Crippen LogP contribution in [0.5, 0.6) is 0 Å². The number of hydrogen-bond donors (Lipinski definition) is 3. The third-order valence-corrected chi connectivity index (χ3v) is 8.66. The van der Waals surface area contributed by atoms with Gasteiger partial charge in [0.2, 0.25) is 17.7 Å². The summed E-state index contributed by atoms with van der Waals surface area (Å²) in [5.41, 5.74) is -0.498. The van der Waals surface area contributed by atoms with Crippen LogP contribution in [0.15, 0.2) is 24.3 Å². The Hall–Kier alpha value is -3.05. The van der Waals surface area contributed by atoms with Crippen LogP contribution in [0.25, 0.3) is 11.0 Å². The number of benzene rings is 1. The monoisotopic (exact) mass is 498 g/mol. The molecule has 3 aliphatic heterocycles. The standard InChI is InChI=1S/C25H34N6O5/c1-5-14(2)17(12-32)31-20(22(34)27-13-30-16-9-7-6-8-15(16)28-29-30)25-11-10-24(3,36-25)18(21(33)26-4)19(25)23(31)35/h6-9,14,17-20,32H,5,10-13H2,1-4H3,(H,26,33)(H,27,34)/t14-,17-,18-,19-,20?,24+,25?/m0/s1. The number of para-hydroxylation sites is 1. The molecule has 3 saturated heterocycles. The number of amides is 3. The summed E-state index contributed by atoms with van der Waals surface area (Å²) in [6.07, 6.45) is 1.75. The average molecular weight is 499 g/mol. The van der Waals surface area contributed by atoms with Crippen LogP contribution in [0.4, 0.5) is 0 Å². The van der Waals surface area contributed by atoms with Crippen molar-refractivity contribution in [2.75, 3.05) is 13.7 Å². The van der Waals surface area contributed by atoms with Crippen molar-refractivity contribution >= 4 is 28.8 Å². The molecule has 0 radical (unpaired) electrons. The van der Waals surface area contributed by atoms with Gasteiger partial charge in [-0.05, 0) is 37.8 Å². The molecule has 11 nitrogen and oxygen atoms in total. The quantitative estimate of drug-likeness (QED) is 0.480. The summed E-state index contributed by atoms with van der Waals surface area (Å²) in [5, 5.41) is 24.2. The Morgan fingerprint density at radius 3 is 2.72 bits per heavy atom. The fourth-order valence-electron chi connectivity index (χ4n) is 6.67. The molecule has 1 aromatic carbocycles. The van der Waals surface area contributed by atoms with E-state index in [1.54, 1.807) is 11.7 Å². The second kappa shape index (κ2) is 8.81. The smallest absolute Gasteiger partial charge is 0.247 e. The number of rotatable bonds is 8. The molecule has 194 valence electrons. The highest BCUT2D eigenvalue weighted by Gasteiger charge is 2.78. The molecule has 11 heteroatoms. The SMILES string of the molecule is CC[C@H](C)[C@H](CO)N1C(=O)[C@@H]2[C@@H](C(=O)NC)[C@@]3(C)CCC2(O3)C1C(=O)NCn1nnc2ccccc21. The molecule has 1 aromatic heterocycles. The van der Waals surface area contributed by atoms with E-state index >= 15 is 0 Å². The number of nitrogens with zero attached hydrogens (tertiary/aromatic N) is 4. The number of aliphatic hydroxyl groups excluding tert-OH is 1. The second-order valence-electron chi connectivity index (χ2n) is 10.5. The van der Waals surface area contributed by atoms with Crippen molar-refractivity contribution in [1.82, 2.24) is 30.5 Å². The van der Waals surface area contributed by atoms with Crippen molar-refractivity contribution in [1.29, 1.82) is 0 Å². The van der Waals surface area contributed by atoms with Crippen LogP contribution >= 0.6 is 0 Å². The highest BCUT2D eigenvalue weighted by Crippen LogP contribution is 2.63. The molecule has 5 rings (SSSR count). The number of carbonyl (C=O) groups is 3. The number of nitrogens with one attached hydrogen (secondary N) is 2. The summed E-state index contributed by atoms with van der Waals surface area (Å²) >= 11 is 0. The molecule has 4 heterocycles. The third-order valence-electron chi connectivity index (χ3n) is 8.66. The Balaban J connectivity index is 1.52. The molecule has 3 aliphatic rings. The fraction of sp³-hybridized carbons (Fsp3) is 0.640. The van der Waals surface area contributed by atoms with Crippen molar-refractivity contribution in [2.24, 2.45) is 17.8 Å². The van der Waals surface area contributed by atoms with Gasteiger partial charge in [0.1, 0.15) is 23.8 Å². The molecule has 0 saturated carbocycles. The van der Waals surface area contributed by atoms with E-state index in [-0.39, 0.29) is 31.0 Å². The maximum absolute atomic E-state index is 14.0. The van der Waals surface area contributed by atoms with Gasteiger partial charge in [0.05, 0.1) is 35.6 Å². The minimum Gasteiger partial charge on any atom is -0.394 e. The zero-order chi connectivity index (χ0) is 25.8. The van der Waals surface area contributed by atoms with Crippen LogP contribution < -0.4 is 10.6 Å². The summed E-state index contributed by atoms with van der Waals surface area (Å²) in [6.45, 7) is 5.55. The van der Waals surface area contributed by atoms with E-state index < -0.39 is 41.0 Å². The first-order valence-corrected chi connectivity index (χ1v) is 12.6. The zero-order valence-electron chi connectivity index (χ0n) is 21.1. The van der Waals surface area contributed by atoms with Crippen molar-refractivity contribution in [3.8, 4) is 0 Å². The molecular formula is C25H34N6O5. The number of aliphatic hydroxyl groups is 1. The lowest BCUT2D eigenvalue weighted by Crippen LogP contribution is -2.59. The van der Waals surface area contributed by atoms with Gasteiger partial charge in [-0.25, -0.2) is 4.68 Å². The van der Waals surface area contributed by atoms with Crippen LogP contribution in [0.2, 0.25) is 0 Å². The van der Waals surface area contributed by atoms with Gasteiger partial charge in [0.25, 0.3) is 0 Å². The summed E-state index contributed by atoms with van der Waals surface area (Å²) in [5.74, 6) is -2.53. The van der Waals surface area contributed by atoms with Crippen molar-refractivity contribution < 1.29 is 24.2 Å². The first kappa shape index (κ1) is 24.6. The molecule has 7 atom stereocenters. The van der Waals surface area contributed by atoms with Gasteiger partial charge < -0.3 is 25.4 Å². The van der Waals surface area contributed by atoms with Crippen molar-refractivity contribution in [2.45, 2.75) is 70.0 Å². The summed E-state index contributed by atoms with van der Waals surface area (Å²) in [6, 6.07) is 5.88. The van der Waals surface area contributed by atoms with Gasteiger partial charge in [-0.15, -0.1) is 5.10 Å². The molecule has 2 unspecified atom stereocenters. The molecule has 0 aliphatic carbocycles.